The number of benzene rings is 1. The lowest BCUT2D eigenvalue weighted by atomic mass is 10.1. The van der Waals surface area contributed by atoms with Crippen LogP contribution in [0.2, 0.25) is 0 Å². The minimum atomic E-state index is -0.640. The molecule has 1 aromatic carbocycles. The molecule has 5 heteroatoms. The van der Waals surface area contributed by atoms with Gasteiger partial charge in [-0.3, -0.25) is 0 Å². The highest BCUT2D eigenvalue weighted by atomic mass is 16.7. The van der Waals surface area contributed by atoms with Gasteiger partial charge in [-0.15, -0.1) is 0 Å². The summed E-state index contributed by atoms with van der Waals surface area (Å²) in [5.74, 6) is 2.05. The summed E-state index contributed by atoms with van der Waals surface area (Å²) in [4.78, 5) is 0. The maximum atomic E-state index is 6.49. The van der Waals surface area contributed by atoms with Gasteiger partial charge >= 0.3 is 0 Å². The van der Waals surface area contributed by atoms with E-state index in [0.717, 1.165) is 22.6 Å². The lowest BCUT2D eigenvalue weighted by Crippen LogP contribution is -2.15. The first kappa shape index (κ1) is 23.8. The molecule has 2 heterocycles. The molecule has 5 nitrogen and oxygen atoms in total. The highest BCUT2D eigenvalue weighted by molar-refractivity contribution is 5.52. The van der Waals surface area contributed by atoms with Crippen LogP contribution in [0.25, 0.3) is 0 Å². The predicted molar refractivity (Wildman–Crippen MR) is 148 cm³/mol. The van der Waals surface area contributed by atoms with Gasteiger partial charge in [-0.25, -0.2) is 0 Å². The van der Waals surface area contributed by atoms with E-state index in [0.29, 0.717) is 17.2 Å². The lowest BCUT2D eigenvalue weighted by Gasteiger charge is -2.18. The van der Waals surface area contributed by atoms with Crippen LogP contribution < -0.4 is 11.1 Å². The van der Waals surface area contributed by atoms with E-state index in [1.807, 2.05) is 140 Å². The number of hydrogen-bond donors (Lipinski definition) is 2. The van der Waals surface area contributed by atoms with Gasteiger partial charge in [0, 0.05) is 11.3 Å². The zero-order valence-electron chi connectivity index (χ0n) is 20.2. The first-order valence-electron chi connectivity index (χ1n) is 12.1. The Labute approximate surface area is 217 Å². The van der Waals surface area contributed by atoms with E-state index in [1.54, 1.807) is 0 Å². The Morgan fingerprint density at radius 2 is 1.03 bits per heavy atom. The molecule has 0 saturated heterocycles. The van der Waals surface area contributed by atoms with Crippen LogP contribution in [0.5, 0.6) is 0 Å². The van der Waals surface area contributed by atoms with Crippen molar-refractivity contribution in [2.24, 2.45) is 0 Å². The fourth-order valence-corrected chi connectivity index (χ4v) is 3.91. The number of allylic oxidation sites excluding steroid dienone is 20. The van der Waals surface area contributed by atoms with E-state index in [2.05, 4.69) is 5.32 Å². The maximum absolute atomic E-state index is 6.49. The van der Waals surface area contributed by atoms with Crippen LogP contribution in [-0.2, 0) is 14.2 Å². The molecule has 1 unspecified atom stereocenters. The molecule has 0 saturated carbocycles. The smallest absolute Gasteiger partial charge is 0.269 e. The van der Waals surface area contributed by atoms with E-state index in [1.165, 1.54) is 0 Å². The first-order chi connectivity index (χ1) is 18.3. The van der Waals surface area contributed by atoms with Gasteiger partial charge in [-0.1, -0.05) is 103 Å². The van der Waals surface area contributed by atoms with Crippen LogP contribution in [-0.4, -0.2) is 0 Å². The zero-order valence-corrected chi connectivity index (χ0v) is 20.2. The van der Waals surface area contributed by atoms with Crippen LogP contribution in [0, 0.1) is 0 Å². The summed E-state index contributed by atoms with van der Waals surface area (Å²) in [6.07, 6.45) is 38.0. The molecule has 0 aromatic heterocycles. The molecule has 37 heavy (non-hydrogen) atoms. The van der Waals surface area contributed by atoms with Crippen molar-refractivity contribution in [1.29, 1.82) is 0 Å². The molecule has 4 aliphatic rings. The number of anilines is 1. The van der Waals surface area contributed by atoms with Crippen molar-refractivity contribution in [2.75, 3.05) is 5.73 Å². The van der Waals surface area contributed by atoms with Crippen LogP contribution in [0.1, 0.15) is 23.6 Å². The second kappa shape index (κ2) is 11.7. The quantitative estimate of drug-likeness (QED) is 0.441. The Kier molecular flexibility index (Phi) is 7.53. The highest BCUT2D eigenvalue weighted by Crippen LogP contribution is 2.38. The van der Waals surface area contributed by atoms with E-state index in [9.17, 15) is 0 Å². The van der Waals surface area contributed by atoms with E-state index >= 15 is 0 Å². The second-order valence-corrected chi connectivity index (χ2v) is 8.35. The standard InChI is InChI=1S/C32H28N2O3/c33-26-23-24(31-34-27-17-13-9-5-1-2-6-10-14-18-28(27)35-31)21-22-25(26)32-36-29-19-15-11-7-3-4-8-12-16-20-30(29)37-32/h1-23,31-32,34H,33H2/b2-1-,4-3-,5-1?,6-2?,7-3?,8-4?,9-5-,10-6-,11-7-,12-8-,13-9?,14-10?,15-11?,16-12?,17-13-,18-14-,19-15-,20-16-,27-17?,28-18?,29-19?,30-20?. The molecular formula is C32H28N2O3. The fraction of sp³-hybridized carbons (Fsp3) is 0.0625. The summed E-state index contributed by atoms with van der Waals surface area (Å²) in [5, 5.41) is 3.43. The number of hydrogen-bond acceptors (Lipinski definition) is 5. The van der Waals surface area contributed by atoms with Crippen molar-refractivity contribution >= 4 is 5.69 Å². The van der Waals surface area contributed by atoms with Crippen LogP contribution in [0.3, 0.4) is 0 Å². The van der Waals surface area contributed by atoms with E-state index in [4.69, 9.17) is 19.9 Å². The van der Waals surface area contributed by atoms with Crippen molar-refractivity contribution in [3.63, 3.8) is 0 Å². The Morgan fingerprint density at radius 3 is 1.57 bits per heavy atom. The van der Waals surface area contributed by atoms with Crippen molar-refractivity contribution in [3.05, 3.63) is 174 Å². The molecule has 0 spiro atoms. The van der Waals surface area contributed by atoms with Gasteiger partial charge in [0.05, 0.1) is 11.3 Å². The molecule has 2 aliphatic heterocycles. The molecule has 0 fully saturated rings. The van der Waals surface area contributed by atoms with Gasteiger partial charge in [-0.05, 0) is 36.4 Å². The summed E-state index contributed by atoms with van der Waals surface area (Å²) >= 11 is 0. The molecule has 0 bridgehead atoms. The van der Waals surface area contributed by atoms with Gasteiger partial charge < -0.3 is 25.3 Å². The monoisotopic (exact) mass is 488 g/mol. The van der Waals surface area contributed by atoms with Crippen LogP contribution >= 0.6 is 0 Å². The van der Waals surface area contributed by atoms with Crippen molar-refractivity contribution in [2.45, 2.75) is 12.5 Å². The number of rotatable bonds is 2. The summed E-state index contributed by atoms with van der Waals surface area (Å²) in [6.45, 7) is 0. The van der Waals surface area contributed by atoms with Gasteiger partial charge in [0.1, 0.15) is 5.76 Å². The Morgan fingerprint density at radius 1 is 0.541 bits per heavy atom. The number of ether oxygens (including phenoxy) is 3. The molecule has 5 rings (SSSR count). The average molecular weight is 489 g/mol. The average Bonchev–Trinajstić information content (AvgIpc) is 3.48. The fourth-order valence-electron chi connectivity index (χ4n) is 3.91. The number of nitrogens with one attached hydrogen (secondary N) is 1. The molecule has 1 aromatic rings. The maximum Gasteiger partial charge on any atom is 0.269 e. The minimum absolute atomic E-state index is 0.367. The third-order valence-corrected chi connectivity index (χ3v) is 5.74. The van der Waals surface area contributed by atoms with Gasteiger partial charge in [-0.2, -0.15) is 0 Å². The molecule has 1 atom stereocenters. The van der Waals surface area contributed by atoms with Crippen molar-refractivity contribution in [3.8, 4) is 0 Å². The summed E-state index contributed by atoms with van der Waals surface area (Å²) in [6, 6.07) is 5.80. The lowest BCUT2D eigenvalue weighted by molar-refractivity contribution is -0.0357. The minimum Gasteiger partial charge on any atom is -0.464 e. The third-order valence-electron chi connectivity index (χ3n) is 5.74. The predicted octanol–water partition coefficient (Wildman–Crippen LogP) is 6.95. The number of nitrogens with two attached hydrogens (primary N) is 1. The van der Waals surface area contributed by atoms with Crippen LogP contribution in [0.15, 0.2) is 163 Å². The van der Waals surface area contributed by atoms with Gasteiger partial charge in [0.15, 0.2) is 17.7 Å². The molecule has 184 valence electrons. The zero-order chi connectivity index (χ0) is 25.3. The first-order valence-corrected chi connectivity index (χ1v) is 12.1. The molecule has 0 radical (unpaired) electrons. The summed E-state index contributed by atoms with van der Waals surface area (Å²) in [7, 11) is 0. The SMILES string of the molecule is Nc1cc(C2NC3=C(\C=C/C=C\C=C/C=C\C=C/3)O2)ccc1C1OC2=C(\C=C/C=C\C=C/C=C\C=C/2)O1. The van der Waals surface area contributed by atoms with Gasteiger partial charge in [0.2, 0.25) is 0 Å². The van der Waals surface area contributed by atoms with Crippen molar-refractivity contribution in [1.82, 2.24) is 5.32 Å². The third kappa shape index (κ3) is 6.03. The normalized spacial score (nSPS) is 29.5. The summed E-state index contributed by atoms with van der Waals surface area (Å²) < 4.78 is 18.5. The van der Waals surface area contributed by atoms with E-state index in [-0.39, 0.29) is 6.23 Å². The van der Waals surface area contributed by atoms with Crippen molar-refractivity contribution < 1.29 is 14.2 Å². The highest BCUT2D eigenvalue weighted by Gasteiger charge is 2.29. The van der Waals surface area contributed by atoms with Gasteiger partial charge in [0.25, 0.3) is 6.29 Å². The second-order valence-electron chi connectivity index (χ2n) is 8.35. The topological polar surface area (TPSA) is 65.7 Å². The van der Waals surface area contributed by atoms with Crippen LogP contribution in [0.4, 0.5) is 5.69 Å². The molecule has 3 N–H and O–H groups in total. The largest absolute Gasteiger partial charge is 0.464 e. The molecular weight excluding hydrogens is 460 g/mol. The number of nitrogen functional groups attached to an aromatic ring is 1. The molecule has 0 amide bonds. The van der Waals surface area contributed by atoms with E-state index < -0.39 is 6.29 Å². The Bertz CT molecular complexity index is 1310. The molecule has 2 aliphatic carbocycles. The Balaban J connectivity index is 1.32. The summed E-state index contributed by atoms with van der Waals surface area (Å²) in [5.41, 5.74) is 9.60. The Hall–Kier alpha value is -4.90.